The molecule has 2 aromatic heterocycles. The molecular formula is C17H18N4O5S2. The van der Waals surface area contributed by atoms with Gasteiger partial charge in [0.25, 0.3) is 5.91 Å². The number of hydrogen-bond donors (Lipinski definition) is 1. The zero-order chi connectivity index (χ0) is 20.1. The monoisotopic (exact) mass is 422 g/mol. The third kappa shape index (κ3) is 5.08. The largest absolute Gasteiger partial charge is 0.484 e. The third-order valence-corrected chi connectivity index (χ3v) is 5.79. The number of anilines is 1. The Morgan fingerprint density at radius 3 is 2.68 bits per heavy atom. The first-order valence-corrected chi connectivity index (χ1v) is 10.9. The van der Waals surface area contributed by atoms with Crippen LogP contribution in [0.15, 0.2) is 46.3 Å². The van der Waals surface area contributed by atoms with Gasteiger partial charge in [0.15, 0.2) is 6.61 Å². The van der Waals surface area contributed by atoms with Crippen LogP contribution in [0.25, 0.3) is 10.7 Å². The Kier molecular flexibility index (Phi) is 5.95. The first kappa shape index (κ1) is 19.8. The van der Waals surface area contributed by atoms with Crippen molar-refractivity contribution in [2.24, 2.45) is 0 Å². The maximum absolute atomic E-state index is 11.9. The van der Waals surface area contributed by atoms with Gasteiger partial charge in [0.1, 0.15) is 5.75 Å². The lowest BCUT2D eigenvalue weighted by Gasteiger charge is -2.16. The summed E-state index contributed by atoms with van der Waals surface area (Å²) in [7, 11) is -1.87. The molecule has 0 fully saturated rings. The van der Waals surface area contributed by atoms with E-state index < -0.39 is 10.0 Å². The highest BCUT2D eigenvalue weighted by Gasteiger charge is 2.13. The first-order chi connectivity index (χ1) is 13.3. The SMILES string of the molecule is CN(c1ccc(OCC(=O)NCc2nc(-c3cccs3)no2)cc1)S(C)(=O)=O. The van der Waals surface area contributed by atoms with E-state index in [1.165, 1.54) is 18.4 Å². The Bertz CT molecular complexity index is 1030. The molecule has 9 nitrogen and oxygen atoms in total. The van der Waals surface area contributed by atoms with Crippen LogP contribution < -0.4 is 14.4 Å². The van der Waals surface area contributed by atoms with Gasteiger partial charge in [-0.2, -0.15) is 4.98 Å². The van der Waals surface area contributed by atoms with Crippen LogP contribution >= 0.6 is 11.3 Å². The van der Waals surface area contributed by atoms with E-state index in [2.05, 4.69) is 15.5 Å². The maximum Gasteiger partial charge on any atom is 0.258 e. The molecule has 3 rings (SSSR count). The first-order valence-electron chi connectivity index (χ1n) is 8.13. The summed E-state index contributed by atoms with van der Waals surface area (Å²) in [6.07, 6.45) is 1.12. The normalized spacial score (nSPS) is 11.2. The molecular weight excluding hydrogens is 404 g/mol. The molecule has 1 aromatic carbocycles. The molecule has 0 aliphatic heterocycles. The van der Waals surface area contributed by atoms with Gasteiger partial charge in [0.2, 0.25) is 21.7 Å². The van der Waals surface area contributed by atoms with Crippen molar-refractivity contribution in [1.82, 2.24) is 15.5 Å². The molecule has 0 saturated heterocycles. The topological polar surface area (TPSA) is 115 Å². The molecule has 11 heteroatoms. The Labute approximate surface area is 166 Å². The molecule has 0 spiro atoms. The number of aromatic nitrogens is 2. The lowest BCUT2D eigenvalue weighted by Crippen LogP contribution is -2.28. The van der Waals surface area contributed by atoms with Crippen molar-refractivity contribution in [3.05, 3.63) is 47.7 Å². The van der Waals surface area contributed by atoms with E-state index in [1.807, 2.05) is 17.5 Å². The van der Waals surface area contributed by atoms with Crippen LogP contribution in [-0.4, -0.2) is 44.4 Å². The van der Waals surface area contributed by atoms with E-state index in [9.17, 15) is 13.2 Å². The van der Waals surface area contributed by atoms with Crippen LogP contribution in [0.4, 0.5) is 5.69 Å². The summed E-state index contributed by atoms with van der Waals surface area (Å²) < 4.78 is 34.7. The molecule has 0 bridgehead atoms. The van der Waals surface area contributed by atoms with Gasteiger partial charge < -0.3 is 14.6 Å². The molecule has 0 aliphatic rings. The second-order valence-corrected chi connectivity index (χ2v) is 8.74. The lowest BCUT2D eigenvalue weighted by atomic mass is 10.3. The Balaban J connectivity index is 1.47. The number of nitrogens with zero attached hydrogens (tertiary/aromatic N) is 3. The summed E-state index contributed by atoms with van der Waals surface area (Å²) in [4.78, 5) is 17.0. The minimum absolute atomic E-state index is 0.0959. The van der Waals surface area contributed by atoms with Gasteiger partial charge in [-0.3, -0.25) is 9.10 Å². The predicted molar refractivity (Wildman–Crippen MR) is 105 cm³/mol. The quantitative estimate of drug-likeness (QED) is 0.589. The number of rotatable bonds is 8. The zero-order valence-electron chi connectivity index (χ0n) is 15.2. The second-order valence-electron chi connectivity index (χ2n) is 5.78. The van der Waals surface area contributed by atoms with Crippen molar-refractivity contribution < 1.29 is 22.5 Å². The number of nitrogens with one attached hydrogen (secondary N) is 1. The molecule has 0 atom stereocenters. The summed E-state index contributed by atoms with van der Waals surface area (Å²) in [6, 6.07) is 10.1. The highest BCUT2D eigenvalue weighted by Crippen LogP contribution is 2.21. The number of hydrogen-bond acceptors (Lipinski definition) is 8. The van der Waals surface area contributed by atoms with E-state index in [4.69, 9.17) is 9.26 Å². The summed E-state index contributed by atoms with van der Waals surface area (Å²) in [5.74, 6) is 0.867. The number of carbonyl (C=O) groups excluding carboxylic acids is 1. The van der Waals surface area contributed by atoms with E-state index in [0.717, 1.165) is 15.4 Å². The Morgan fingerprint density at radius 1 is 1.29 bits per heavy atom. The predicted octanol–water partition coefficient (Wildman–Crippen LogP) is 1.89. The highest BCUT2D eigenvalue weighted by molar-refractivity contribution is 7.92. The van der Waals surface area contributed by atoms with Gasteiger partial charge in [-0.15, -0.1) is 11.3 Å². The fourth-order valence-electron chi connectivity index (χ4n) is 2.15. The molecule has 0 radical (unpaired) electrons. The average molecular weight is 422 g/mol. The number of sulfonamides is 1. The standard InChI is InChI=1S/C17H18N4O5S2/c1-21(28(2,23)24)12-5-7-13(8-6-12)25-11-15(22)18-10-16-19-17(20-26-16)14-4-3-9-27-14/h3-9H,10-11H2,1-2H3,(H,18,22). The van der Waals surface area contributed by atoms with E-state index in [1.54, 1.807) is 24.3 Å². The van der Waals surface area contributed by atoms with Crippen molar-refractivity contribution in [1.29, 1.82) is 0 Å². The van der Waals surface area contributed by atoms with Gasteiger partial charge in [0.05, 0.1) is 23.4 Å². The minimum atomic E-state index is -3.33. The molecule has 1 N–H and O–H groups in total. The number of benzene rings is 1. The van der Waals surface area contributed by atoms with E-state index in [0.29, 0.717) is 23.2 Å². The van der Waals surface area contributed by atoms with Crippen molar-refractivity contribution in [3.63, 3.8) is 0 Å². The van der Waals surface area contributed by atoms with Crippen molar-refractivity contribution in [3.8, 4) is 16.5 Å². The van der Waals surface area contributed by atoms with Crippen LogP contribution in [0, 0.1) is 0 Å². The molecule has 0 unspecified atom stereocenters. The number of thiophene rings is 1. The molecule has 3 aromatic rings. The molecule has 148 valence electrons. The molecule has 0 saturated carbocycles. The summed E-state index contributed by atoms with van der Waals surface area (Å²) in [5.41, 5.74) is 0.497. The van der Waals surface area contributed by atoms with Crippen molar-refractivity contribution in [2.45, 2.75) is 6.54 Å². The van der Waals surface area contributed by atoms with Crippen LogP contribution in [0.5, 0.6) is 5.75 Å². The molecule has 0 aliphatic carbocycles. The highest BCUT2D eigenvalue weighted by atomic mass is 32.2. The third-order valence-electron chi connectivity index (χ3n) is 3.71. The Hall–Kier alpha value is -2.92. The molecule has 28 heavy (non-hydrogen) atoms. The Morgan fingerprint density at radius 2 is 2.04 bits per heavy atom. The number of ether oxygens (including phenoxy) is 1. The van der Waals surface area contributed by atoms with E-state index >= 15 is 0 Å². The summed E-state index contributed by atoms with van der Waals surface area (Å²) in [6.45, 7) is -0.105. The lowest BCUT2D eigenvalue weighted by molar-refractivity contribution is -0.123. The fourth-order valence-corrected chi connectivity index (χ4v) is 3.30. The van der Waals surface area contributed by atoms with Gasteiger partial charge in [-0.05, 0) is 35.7 Å². The van der Waals surface area contributed by atoms with Crippen LogP contribution in [0.3, 0.4) is 0 Å². The zero-order valence-corrected chi connectivity index (χ0v) is 16.8. The second kappa shape index (κ2) is 8.40. The smallest absolute Gasteiger partial charge is 0.258 e. The maximum atomic E-state index is 11.9. The minimum Gasteiger partial charge on any atom is -0.484 e. The van der Waals surface area contributed by atoms with E-state index in [-0.39, 0.29) is 19.1 Å². The van der Waals surface area contributed by atoms with Crippen LogP contribution in [0.2, 0.25) is 0 Å². The number of amides is 1. The van der Waals surface area contributed by atoms with Gasteiger partial charge in [-0.1, -0.05) is 11.2 Å². The summed E-state index contributed by atoms with van der Waals surface area (Å²) >= 11 is 1.49. The van der Waals surface area contributed by atoms with Crippen molar-refractivity contribution in [2.75, 3.05) is 24.2 Å². The molecule has 1 amide bonds. The van der Waals surface area contributed by atoms with Gasteiger partial charge >= 0.3 is 0 Å². The molecule has 2 heterocycles. The number of carbonyl (C=O) groups is 1. The van der Waals surface area contributed by atoms with Gasteiger partial charge in [-0.25, -0.2) is 8.42 Å². The van der Waals surface area contributed by atoms with Crippen LogP contribution in [-0.2, 0) is 21.4 Å². The van der Waals surface area contributed by atoms with Crippen molar-refractivity contribution >= 4 is 33.0 Å². The summed E-state index contributed by atoms with van der Waals surface area (Å²) in [5, 5.41) is 8.41. The van der Waals surface area contributed by atoms with Gasteiger partial charge in [0, 0.05) is 7.05 Å². The fraction of sp³-hybridized carbons (Fsp3) is 0.235. The van der Waals surface area contributed by atoms with Crippen LogP contribution in [0.1, 0.15) is 5.89 Å². The average Bonchev–Trinajstić information content (AvgIpc) is 3.35.